The number of halogens is 6. The Labute approximate surface area is 151 Å². The van der Waals surface area contributed by atoms with Crippen LogP contribution in [0.1, 0.15) is 5.69 Å². The average Bonchev–Trinajstić information content (AvgIpc) is 2.50. The maximum absolute atomic E-state index is 14.2. The Morgan fingerprint density at radius 1 is 1.24 bits per heavy atom. The molecule has 5 nitrogen and oxygen atoms in total. The third-order valence-electron chi connectivity index (χ3n) is 3.19. The van der Waals surface area contributed by atoms with Crippen LogP contribution < -0.4 is 16.0 Å². The molecule has 2 aromatic rings. The summed E-state index contributed by atoms with van der Waals surface area (Å²) in [6.45, 7) is 0.157. The summed E-state index contributed by atoms with van der Waals surface area (Å²) in [4.78, 5) is 24.2. The van der Waals surface area contributed by atoms with Crippen LogP contribution in [0.3, 0.4) is 0 Å². The molecule has 0 N–H and O–H groups in total. The summed E-state index contributed by atoms with van der Waals surface area (Å²) >= 11 is 8.93. The van der Waals surface area contributed by atoms with E-state index in [1.165, 1.54) is 0 Å². The lowest BCUT2D eigenvalue weighted by Crippen LogP contribution is -2.41. The smallest absolute Gasteiger partial charge is 0.431 e. The maximum atomic E-state index is 14.2. The largest absolute Gasteiger partial charge is 0.491 e. The lowest BCUT2D eigenvalue weighted by molar-refractivity contribution is -0.144. The van der Waals surface area contributed by atoms with Crippen molar-refractivity contribution in [2.24, 2.45) is 7.05 Å². The first kappa shape index (κ1) is 19.5. The fourth-order valence-electron chi connectivity index (χ4n) is 2.07. The van der Waals surface area contributed by atoms with E-state index in [1.807, 2.05) is 0 Å². The number of benzene rings is 1. The molecule has 1 heterocycles. The van der Waals surface area contributed by atoms with E-state index in [0.717, 1.165) is 19.2 Å². The van der Waals surface area contributed by atoms with Gasteiger partial charge in [-0.15, -0.1) is 0 Å². The Morgan fingerprint density at radius 2 is 1.88 bits per heavy atom. The first-order chi connectivity index (χ1) is 11.6. The molecule has 2 rings (SSSR count). The quantitative estimate of drug-likeness (QED) is 0.537. The zero-order valence-electron chi connectivity index (χ0n) is 12.5. The molecular weight excluding hydrogens is 436 g/mol. The summed E-state index contributed by atoms with van der Waals surface area (Å²) in [6.07, 6.45) is -4.91. The summed E-state index contributed by atoms with van der Waals surface area (Å²) in [5.41, 5.74) is -4.69. The summed E-state index contributed by atoms with van der Waals surface area (Å²) < 4.78 is 58.5. The third kappa shape index (κ3) is 3.90. The fourth-order valence-corrected chi connectivity index (χ4v) is 2.44. The van der Waals surface area contributed by atoms with Gasteiger partial charge in [-0.2, -0.15) is 13.2 Å². The highest BCUT2D eigenvalue weighted by Gasteiger charge is 2.35. The monoisotopic (exact) mass is 444 g/mol. The Balaban J connectivity index is 2.73. The SMILES string of the molecule is Cn1c(C(F)(F)F)cc(=O)n(-c2cc(OCCBr)c(Cl)cc2F)c1=O. The second-order valence-corrected chi connectivity index (χ2v) is 6.01. The van der Waals surface area contributed by atoms with E-state index in [0.29, 0.717) is 5.33 Å². The number of hydrogen-bond donors (Lipinski definition) is 0. The Bertz CT molecular complexity index is 924. The van der Waals surface area contributed by atoms with E-state index in [4.69, 9.17) is 16.3 Å². The topological polar surface area (TPSA) is 53.2 Å². The standard InChI is InChI=1S/C14H10BrClF4N2O3/c1-21-11(14(18,19)20)6-12(23)22(13(21)24)9-5-10(25-3-2-15)7(16)4-8(9)17/h4-6H,2-3H2,1H3. The molecule has 136 valence electrons. The lowest BCUT2D eigenvalue weighted by Gasteiger charge is -2.15. The minimum absolute atomic E-state index is 0.0219. The van der Waals surface area contributed by atoms with Gasteiger partial charge in [0.15, 0.2) is 0 Å². The molecule has 0 saturated heterocycles. The number of hydrogen-bond acceptors (Lipinski definition) is 3. The molecule has 0 atom stereocenters. The normalized spacial score (nSPS) is 11.6. The van der Waals surface area contributed by atoms with Crippen LogP contribution >= 0.6 is 27.5 Å². The molecule has 0 unspecified atom stereocenters. The molecular formula is C14H10BrClF4N2O3. The van der Waals surface area contributed by atoms with E-state index in [2.05, 4.69) is 15.9 Å². The minimum Gasteiger partial charge on any atom is -0.491 e. The molecule has 0 saturated carbocycles. The molecule has 0 amide bonds. The molecule has 0 aliphatic heterocycles. The molecule has 0 aliphatic carbocycles. The van der Waals surface area contributed by atoms with Crippen molar-refractivity contribution in [2.45, 2.75) is 6.18 Å². The third-order valence-corrected chi connectivity index (χ3v) is 3.81. The van der Waals surface area contributed by atoms with Crippen molar-refractivity contribution in [1.82, 2.24) is 9.13 Å². The molecule has 0 fully saturated rings. The van der Waals surface area contributed by atoms with Gasteiger partial charge in [0.25, 0.3) is 5.56 Å². The maximum Gasteiger partial charge on any atom is 0.431 e. The zero-order chi connectivity index (χ0) is 18.9. The first-order valence-electron chi connectivity index (χ1n) is 6.66. The predicted octanol–water partition coefficient (Wildman–Crippen LogP) is 3.12. The van der Waals surface area contributed by atoms with Gasteiger partial charge in [-0.25, -0.2) is 13.8 Å². The van der Waals surface area contributed by atoms with Crippen LogP contribution in [0.4, 0.5) is 17.6 Å². The summed E-state index contributed by atoms with van der Waals surface area (Å²) in [6, 6.07) is 2.01. The molecule has 0 bridgehead atoms. The van der Waals surface area contributed by atoms with Crippen molar-refractivity contribution in [2.75, 3.05) is 11.9 Å². The highest BCUT2D eigenvalue weighted by molar-refractivity contribution is 9.09. The zero-order valence-corrected chi connectivity index (χ0v) is 14.9. The van der Waals surface area contributed by atoms with E-state index in [-0.39, 0.29) is 32.6 Å². The highest BCUT2D eigenvalue weighted by Crippen LogP contribution is 2.30. The van der Waals surface area contributed by atoms with Gasteiger partial charge in [-0.1, -0.05) is 27.5 Å². The molecule has 11 heteroatoms. The summed E-state index contributed by atoms with van der Waals surface area (Å²) in [5.74, 6) is -1.08. The van der Waals surface area contributed by atoms with Gasteiger partial charge in [0.05, 0.1) is 17.3 Å². The van der Waals surface area contributed by atoms with Crippen LogP contribution in [0, 0.1) is 5.82 Å². The van der Waals surface area contributed by atoms with E-state index in [9.17, 15) is 27.2 Å². The van der Waals surface area contributed by atoms with Gasteiger partial charge in [0, 0.05) is 24.5 Å². The number of alkyl halides is 4. The fraction of sp³-hybridized carbons (Fsp3) is 0.286. The van der Waals surface area contributed by atoms with Crippen LogP contribution in [0.15, 0.2) is 27.8 Å². The van der Waals surface area contributed by atoms with Crippen molar-refractivity contribution in [3.05, 3.63) is 55.6 Å². The first-order valence-corrected chi connectivity index (χ1v) is 8.16. The molecule has 0 aliphatic rings. The number of ether oxygens (including phenoxy) is 1. The lowest BCUT2D eigenvalue weighted by atomic mass is 10.2. The van der Waals surface area contributed by atoms with Crippen molar-refractivity contribution in [1.29, 1.82) is 0 Å². The van der Waals surface area contributed by atoms with Crippen LogP contribution in [0.5, 0.6) is 5.75 Å². The van der Waals surface area contributed by atoms with Gasteiger partial charge < -0.3 is 4.74 Å². The van der Waals surface area contributed by atoms with Gasteiger partial charge in [0.1, 0.15) is 17.3 Å². The number of aromatic nitrogens is 2. The number of rotatable bonds is 4. The van der Waals surface area contributed by atoms with E-state index in [1.54, 1.807) is 0 Å². The minimum atomic E-state index is -4.91. The van der Waals surface area contributed by atoms with Gasteiger partial charge in [-0.3, -0.25) is 9.36 Å². The van der Waals surface area contributed by atoms with Crippen LogP contribution in [-0.4, -0.2) is 21.1 Å². The van der Waals surface area contributed by atoms with Crippen molar-refractivity contribution < 1.29 is 22.3 Å². The Morgan fingerprint density at radius 3 is 2.44 bits per heavy atom. The summed E-state index contributed by atoms with van der Waals surface area (Å²) in [5, 5.41) is 0.317. The van der Waals surface area contributed by atoms with Crippen molar-refractivity contribution >= 4 is 27.5 Å². The van der Waals surface area contributed by atoms with E-state index < -0.39 is 34.6 Å². The van der Waals surface area contributed by atoms with Crippen molar-refractivity contribution in [3.63, 3.8) is 0 Å². The average molecular weight is 446 g/mol. The van der Waals surface area contributed by atoms with E-state index >= 15 is 0 Å². The molecule has 1 aromatic carbocycles. The number of nitrogens with zero attached hydrogens (tertiary/aromatic N) is 2. The Kier molecular flexibility index (Phi) is 5.62. The second-order valence-electron chi connectivity index (χ2n) is 4.81. The highest BCUT2D eigenvalue weighted by atomic mass is 79.9. The van der Waals surface area contributed by atoms with Gasteiger partial charge in [0.2, 0.25) is 0 Å². The Hall–Kier alpha value is -1.81. The molecule has 1 aromatic heterocycles. The van der Waals surface area contributed by atoms with Gasteiger partial charge in [-0.05, 0) is 6.07 Å². The second kappa shape index (κ2) is 7.20. The molecule has 0 spiro atoms. The van der Waals surface area contributed by atoms with Crippen LogP contribution in [0.2, 0.25) is 5.02 Å². The molecule has 0 radical (unpaired) electrons. The predicted molar refractivity (Wildman–Crippen MR) is 86.5 cm³/mol. The van der Waals surface area contributed by atoms with Crippen molar-refractivity contribution in [3.8, 4) is 11.4 Å². The van der Waals surface area contributed by atoms with Crippen LogP contribution in [0.25, 0.3) is 5.69 Å². The van der Waals surface area contributed by atoms with Gasteiger partial charge >= 0.3 is 11.9 Å². The molecule has 25 heavy (non-hydrogen) atoms. The summed E-state index contributed by atoms with van der Waals surface area (Å²) in [7, 11) is 0.831. The van der Waals surface area contributed by atoms with Crippen LogP contribution in [-0.2, 0) is 13.2 Å².